The average Bonchev–Trinajstić information content (AvgIpc) is 3.44. The van der Waals surface area contributed by atoms with Crippen LogP contribution in [-0.2, 0) is 11.8 Å². The molecule has 1 unspecified atom stereocenters. The number of hydrogen-bond donors (Lipinski definition) is 1. The molecule has 2 heterocycles. The van der Waals surface area contributed by atoms with Gasteiger partial charge < -0.3 is 19.5 Å². The number of thioether (sulfide) groups is 1. The third kappa shape index (κ3) is 5.15. The number of aromatic nitrogens is 3. The van der Waals surface area contributed by atoms with Crippen molar-refractivity contribution in [2.75, 3.05) is 24.7 Å². The minimum Gasteiger partial charge on any atom is -0.497 e. The molecule has 3 aromatic rings. The highest BCUT2D eigenvalue weighted by atomic mass is 35.5. The summed E-state index contributed by atoms with van der Waals surface area (Å²) >= 11 is 7.54. The molecule has 1 fully saturated rings. The number of hydrogen-bond acceptors (Lipinski definition) is 6. The van der Waals surface area contributed by atoms with Crippen LogP contribution in [0.4, 0.5) is 5.69 Å². The highest BCUT2D eigenvalue weighted by Crippen LogP contribution is 2.34. The maximum Gasteiger partial charge on any atom is 0.255 e. The van der Waals surface area contributed by atoms with Crippen LogP contribution in [-0.4, -0.2) is 50.9 Å². The normalized spacial score (nSPS) is 15.5. The monoisotopic (exact) mass is 485 g/mol. The van der Waals surface area contributed by atoms with Gasteiger partial charge in [0, 0.05) is 25.3 Å². The molecule has 1 N–H and O–H groups in total. The van der Waals surface area contributed by atoms with Gasteiger partial charge in [-0.1, -0.05) is 41.6 Å². The molecule has 1 saturated heterocycles. The lowest BCUT2D eigenvalue weighted by atomic mass is 10.1. The summed E-state index contributed by atoms with van der Waals surface area (Å²) in [5, 5.41) is 12.5. The number of rotatable bonds is 7. The Morgan fingerprint density at radius 1 is 1.21 bits per heavy atom. The molecule has 1 aliphatic rings. The van der Waals surface area contributed by atoms with Crippen LogP contribution in [0.2, 0.25) is 5.02 Å². The van der Waals surface area contributed by atoms with E-state index in [-0.39, 0.29) is 23.6 Å². The number of ether oxygens (including phenoxy) is 1. The molecule has 2 aromatic carbocycles. The molecule has 1 aromatic heterocycles. The second-order valence-electron chi connectivity index (χ2n) is 7.61. The minimum atomic E-state index is -0.189. The van der Waals surface area contributed by atoms with Gasteiger partial charge in [0.25, 0.3) is 5.91 Å². The van der Waals surface area contributed by atoms with Crippen molar-refractivity contribution in [2.45, 2.75) is 24.0 Å². The summed E-state index contributed by atoms with van der Waals surface area (Å²) in [4.78, 5) is 27.3. The van der Waals surface area contributed by atoms with Crippen LogP contribution in [0.3, 0.4) is 0 Å². The van der Waals surface area contributed by atoms with Crippen molar-refractivity contribution in [3.63, 3.8) is 0 Å². The largest absolute Gasteiger partial charge is 0.497 e. The van der Waals surface area contributed by atoms with Gasteiger partial charge in [-0.25, -0.2) is 0 Å². The number of methoxy groups -OCH3 is 1. The zero-order chi connectivity index (χ0) is 23.4. The summed E-state index contributed by atoms with van der Waals surface area (Å²) in [5.41, 5.74) is 1.15. The Balaban J connectivity index is 1.42. The highest BCUT2D eigenvalue weighted by Gasteiger charge is 2.34. The van der Waals surface area contributed by atoms with Crippen molar-refractivity contribution in [3.05, 3.63) is 64.9 Å². The van der Waals surface area contributed by atoms with E-state index in [0.717, 1.165) is 12.8 Å². The number of carbonyl (C=O) groups excluding carboxylic acids is 2. The number of likely N-dealkylation sites (tertiary alicyclic amines) is 1. The predicted octanol–water partition coefficient (Wildman–Crippen LogP) is 4.19. The topological polar surface area (TPSA) is 89.3 Å². The van der Waals surface area contributed by atoms with Crippen molar-refractivity contribution in [1.29, 1.82) is 0 Å². The zero-order valence-electron chi connectivity index (χ0n) is 18.3. The maximum absolute atomic E-state index is 13.1. The van der Waals surface area contributed by atoms with Crippen molar-refractivity contribution < 1.29 is 14.3 Å². The first-order valence-electron chi connectivity index (χ1n) is 10.5. The van der Waals surface area contributed by atoms with Crippen LogP contribution in [0.25, 0.3) is 0 Å². The zero-order valence-corrected chi connectivity index (χ0v) is 19.9. The quantitative estimate of drug-likeness (QED) is 0.505. The van der Waals surface area contributed by atoms with Crippen LogP contribution in [0.15, 0.2) is 53.7 Å². The molecule has 2 amide bonds. The van der Waals surface area contributed by atoms with Gasteiger partial charge in [-0.15, -0.1) is 10.2 Å². The first-order chi connectivity index (χ1) is 16.0. The smallest absolute Gasteiger partial charge is 0.255 e. The van der Waals surface area contributed by atoms with Crippen molar-refractivity contribution in [1.82, 2.24) is 19.7 Å². The molecule has 0 bridgehead atoms. The van der Waals surface area contributed by atoms with Crippen LogP contribution in [0.1, 0.15) is 35.1 Å². The molecule has 172 valence electrons. The molecule has 0 spiro atoms. The molecule has 1 aliphatic heterocycles. The summed E-state index contributed by atoms with van der Waals surface area (Å²) in [6.07, 6.45) is 1.67. The summed E-state index contributed by atoms with van der Waals surface area (Å²) in [6.45, 7) is 0.632. The maximum atomic E-state index is 13.1. The van der Waals surface area contributed by atoms with E-state index in [1.807, 2.05) is 23.7 Å². The third-order valence-corrected chi connectivity index (χ3v) is 6.82. The number of carbonyl (C=O) groups is 2. The fourth-order valence-electron chi connectivity index (χ4n) is 3.84. The number of nitrogens with one attached hydrogen (secondary N) is 1. The Kier molecular flexibility index (Phi) is 7.20. The van der Waals surface area contributed by atoms with Crippen LogP contribution >= 0.6 is 23.4 Å². The molecule has 10 heteroatoms. The molecule has 33 heavy (non-hydrogen) atoms. The first-order valence-corrected chi connectivity index (χ1v) is 11.9. The molecule has 4 rings (SSSR count). The van der Waals surface area contributed by atoms with Gasteiger partial charge in [-0.05, 0) is 37.1 Å². The Labute approximate surface area is 201 Å². The van der Waals surface area contributed by atoms with E-state index < -0.39 is 0 Å². The van der Waals surface area contributed by atoms with E-state index in [4.69, 9.17) is 16.3 Å². The number of amides is 2. The van der Waals surface area contributed by atoms with E-state index in [1.165, 1.54) is 11.8 Å². The van der Waals surface area contributed by atoms with Gasteiger partial charge in [0.05, 0.1) is 29.5 Å². The molecule has 0 saturated carbocycles. The van der Waals surface area contributed by atoms with E-state index in [2.05, 4.69) is 15.5 Å². The van der Waals surface area contributed by atoms with Gasteiger partial charge in [0.15, 0.2) is 11.0 Å². The number of halogens is 1. The van der Waals surface area contributed by atoms with Crippen molar-refractivity contribution in [2.24, 2.45) is 7.05 Å². The van der Waals surface area contributed by atoms with Crippen LogP contribution in [0.5, 0.6) is 5.75 Å². The van der Waals surface area contributed by atoms with Gasteiger partial charge in [0.2, 0.25) is 5.91 Å². The van der Waals surface area contributed by atoms with Crippen LogP contribution < -0.4 is 10.1 Å². The van der Waals surface area contributed by atoms with E-state index in [0.29, 0.717) is 39.5 Å². The molecular formula is C23H24ClN5O3S. The standard InChI is InChI=1S/C23H24ClN5O3S/c1-28-21(19-11-6-12-29(19)22(31)17-9-3-4-10-18(17)24)26-27-23(28)33-14-20(30)25-15-7-5-8-16(13-15)32-2/h3-5,7-10,13,19H,6,11-12,14H2,1-2H3,(H,25,30). The van der Waals surface area contributed by atoms with Gasteiger partial charge in [-0.3, -0.25) is 9.59 Å². The number of nitrogens with zero attached hydrogens (tertiary/aromatic N) is 4. The lowest BCUT2D eigenvalue weighted by Gasteiger charge is -2.24. The van der Waals surface area contributed by atoms with Gasteiger partial charge in [-0.2, -0.15) is 0 Å². The summed E-state index contributed by atoms with van der Waals surface area (Å²) in [7, 11) is 3.43. The number of benzene rings is 2. The summed E-state index contributed by atoms with van der Waals surface area (Å²) < 4.78 is 7.03. The Hall–Kier alpha value is -3.04. The average molecular weight is 486 g/mol. The Morgan fingerprint density at radius 2 is 2.03 bits per heavy atom. The van der Waals surface area contributed by atoms with E-state index >= 15 is 0 Å². The van der Waals surface area contributed by atoms with Crippen LogP contribution in [0, 0.1) is 0 Å². The van der Waals surface area contributed by atoms with Gasteiger partial charge >= 0.3 is 0 Å². The fourth-order valence-corrected chi connectivity index (χ4v) is 4.77. The van der Waals surface area contributed by atoms with Gasteiger partial charge in [0.1, 0.15) is 5.75 Å². The van der Waals surface area contributed by atoms with Crippen molar-refractivity contribution >= 4 is 40.9 Å². The highest BCUT2D eigenvalue weighted by molar-refractivity contribution is 7.99. The molecule has 0 radical (unpaired) electrons. The second-order valence-corrected chi connectivity index (χ2v) is 8.95. The summed E-state index contributed by atoms with van der Waals surface area (Å²) in [5.74, 6) is 1.28. The fraction of sp³-hybridized carbons (Fsp3) is 0.304. The Morgan fingerprint density at radius 3 is 2.82 bits per heavy atom. The molecule has 1 atom stereocenters. The van der Waals surface area contributed by atoms with E-state index in [9.17, 15) is 9.59 Å². The minimum absolute atomic E-state index is 0.113. The lowest BCUT2D eigenvalue weighted by Crippen LogP contribution is -2.32. The third-order valence-electron chi connectivity index (χ3n) is 5.47. The molecule has 0 aliphatic carbocycles. The Bertz CT molecular complexity index is 1170. The number of anilines is 1. The second kappa shape index (κ2) is 10.3. The van der Waals surface area contributed by atoms with Crippen molar-refractivity contribution in [3.8, 4) is 5.75 Å². The summed E-state index contributed by atoms with van der Waals surface area (Å²) in [6, 6.07) is 14.1. The molecule has 8 nitrogen and oxygen atoms in total. The lowest BCUT2D eigenvalue weighted by molar-refractivity contribution is -0.113. The predicted molar refractivity (Wildman–Crippen MR) is 128 cm³/mol. The van der Waals surface area contributed by atoms with E-state index in [1.54, 1.807) is 48.4 Å². The molecular weight excluding hydrogens is 462 g/mol. The first kappa shape index (κ1) is 23.1. The SMILES string of the molecule is COc1cccc(NC(=O)CSc2nnc(C3CCCN3C(=O)c3ccccc3Cl)n2C)c1.